The second kappa shape index (κ2) is 6.76. The molecule has 1 rings (SSSR count). The molecule has 0 atom stereocenters. The maximum absolute atomic E-state index is 4.89. The van der Waals surface area contributed by atoms with Crippen molar-refractivity contribution >= 4 is 0 Å². The number of ether oxygens (including phenoxy) is 1. The minimum absolute atomic E-state index is 0. The van der Waals surface area contributed by atoms with E-state index in [1.807, 2.05) is 24.3 Å². The van der Waals surface area contributed by atoms with Crippen molar-refractivity contribution in [1.29, 1.82) is 0 Å². The average molecular weight is 188 g/mol. The summed E-state index contributed by atoms with van der Waals surface area (Å²) in [5, 5.41) is 0. The Morgan fingerprint density at radius 1 is 1.30 bits per heavy atom. The summed E-state index contributed by atoms with van der Waals surface area (Å²) in [6.07, 6.45) is 0. The Balaban J connectivity index is 0. The number of hydrogen-bond donors (Lipinski definition) is 0. The van der Waals surface area contributed by atoms with Gasteiger partial charge in [0.15, 0.2) is 0 Å². The van der Waals surface area contributed by atoms with Gasteiger partial charge in [-0.15, -0.1) is 12.1 Å². The van der Waals surface area contributed by atoms with Gasteiger partial charge in [-0.1, -0.05) is 0 Å². The maximum Gasteiger partial charge on any atom is 2.00 e. The molecular formula is C8H10OZn. The largest absolute Gasteiger partial charge is 2.00 e. The van der Waals surface area contributed by atoms with Gasteiger partial charge in [-0.2, -0.15) is 18.2 Å². The fourth-order valence-corrected chi connectivity index (χ4v) is 0.508. The Bertz CT molecular complexity index is 151. The van der Waals surface area contributed by atoms with Gasteiger partial charge in [0.2, 0.25) is 0 Å². The molecule has 0 N–H and O–H groups in total. The number of hydrogen-bond acceptors (Lipinski definition) is 1. The summed E-state index contributed by atoms with van der Waals surface area (Å²) in [6.45, 7) is 0. The van der Waals surface area contributed by atoms with Gasteiger partial charge >= 0.3 is 19.5 Å². The SMILES string of the molecule is COc1cc[c-]cc1.[CH3-].[Zn+2]. The zero-order chi connectivity index (χ0) is 5.82. The summed E-state index contributed by atoms with van der Waals surface area (Å²) in [5.74, 6) is 0.878. The van der Waals surface area contributed by atoms with Gasteiger partial charge in [-0.05, 0) is 0 Å². The molecule has 0 aliphatic carbocycles. The van der Waals surface area contributed by atoms with Crippen LogP contribution in [0.5, 0.6) is 5.75 Å². The van der Waals surface area contributed by atoms with Crippen LogP contribution in [0.1, 0.15) is 0 Å². The van der Waals surface area contributed by atoms with E-state index < -0.39 is 0 Å². The van der Waals surface area contributed by atoms with E-state index in [1.54, 1.807) is 7.11 Å². The molecule has 2 heteroatoms. The molecule has 0 fully saturated rings. The van der Waals surface area contributed by atoms with Crippen molar-refractivity contribution in [1.82, 2.24) is 0 Å². The van der Waals surface area contributed by atoms with Crippen LogP contribution in [0, 0.1) is 13.5 Å². The monoisotopic (exact) mass is 186 g/mol. The first kappa shape index (κ1) is 12.3. The molecule has 0 aliphatic heterocycles. The van der Waals surface area contributed by atoms with Gasteiger partial charge in [0.25, 0.3) is 0 Å². The zero-order valence-electron chi connectivity index (χ0n) is 6.42. The van der Waals surface area contributed by atoms with E-state index in [9.17, 15) is 0 Å². The molecule has 0 saturated carbocycles. The third-order valence-electron chi connectivity index (χ3n) is 0.923. The molecule has 0 bridgehead atoms. The second-order valence-electron chi connectivity index (χ2n) is 1.44. The predicted molar refractivity (Wildman–Crippen MR) is 38.2 cm³/mol. The third-order valence-corrected chi connectivity index (χ3v) is 0.923. The van der Waals surface area contributed by atoms with Gasteiger partial charge in [0.1, 0.15) is 0 Å². The van der Waals surface area contributed by atoms with Crippen molar-refractivity contribution in [2.45, 2.75) is 0 Å². The molecule has 0 aromatic heterocycles. The van der Waals surface area contributed by atoms with Crippen molar-refractivity contribution in [3.8, 4) is 5.75 Å². The quantitative estimate of drug-likeness (QED) is 0.482. The Morgan fingerprint density at radius 3 is 2.10 bits per heavy atom. The van der Waals surface area contributed by atoms with Crippen LogP contribution in [-0.2, 0) is 19.5 Å². The maximum atomic E-state index is 4.89. The molecule has 1 aromatic rings. The van der Waals surface area contributed by atoms with E-state index in [0.717, 1.165) is 5.75 Å². The van der Waals surface area contributed by atoms with Crippen LogP contribution < -0.4 is 4.74 Å². The molecule has 0 spiro atoms. The summed E-state index contributed by atoms with van der Waals surface area (Å²) in [6, 6.07) is 10.2. The van der Waals surface area contributed by atoms with Crippen molar-refractivity contribution in [2.75, 3.05) is 7.11 Å². The van der Waals surface area contributed by atoms with Gasteiger partial charge in [-0.25, -0.2) is 0 Å². The number of methoxy groups -OCH3 is 1. The summed E-state index contributed by atoms with van der Waals surface area (Å²) in [5.41, 5.74) is 0. The number of benzene rings is 1. The molecule has 1 nitrogen and oxygen atoms in total. The average Bonchev–Trinajstić information content (AvgIpc) is 1.90. The van der Waals surface area contributed by atoms with Crippen LogP contribution >= 0.6 is 0 Å². The molecule has 0 saturated heterocycles. The van der Waals surface area contributed by atoms with Crippen molar-refractivity contribution < 1.29 is 24.2 Å². The van der Waals surface area contributed by atoms with Crippen LogP contribution in [0.4, 0.5) is 0 Å². The first-order valence-corrected chi connectivity index (χ1v) is 2.43. The van der Waals surface area contributed by atoms with Crippen LogP contribution in [0.2, 0.25) is 0 Å². The van der Waals surface area contributed by atoms with E-state index in [4.69, 9.17) is 4.74 Å². The first-order valence-electron chi connectivity index (χ1n) is 2.43. The van der Waals surface area contributed by atoms with Gasteiger partial charge in [-0.3, -0.25) is 0 Å². The van der Waals surface area contributed by atoms with Gasteiger partial charge in [0.05, 0.1) is 7.11 Å². The van der Waals surface area contributed by atoms with E-state index in [0.29, 0.717) is 0 Å². The molecule has 0 radical (unpaired) electrons. The van der Waals surface area contributed by atoms with Gasteiger partial charge in [0, 0.05) is 5.75 Å². The van der Waals surface area contributed by atoms with E-state index in [2.05, 4.69) is 6.07 Å². The molecule has 0 amide bonds. The Kier molecular flexibility index (Phi) is 8.34. The normalized spacial score (nSPS) is 6.90. The topological polar surface area (TPSA) is 9.23 Å². The van der Waals surface area contributed by atoms with Crippen molar-refractivity contribution in [2.24, 2.45) is 0 Å². The molecule has 50 valence electrons. The minimum Gasteiger partial charge on any atom is -0.522 e. The fraction of sp³-hybridized carbons (Fsp3) is 0.125. The third kappa shape index (κ3) is 3.63. The summed E-state index contributed by atoms with van der Waals surface area (Å²) in [7, 11) is 1.65. The van der Waals surface area contributed by atoms with Crippen LogP contribution in [0.15, 0.2) is 24.3 Å². The first-order chi connectivity index (χ1) is 3.93. The molecule has 0 aliphatic rings. The van der Waals surface area contributed by atoms with Crippen molar-refractivity contribution in [3.63, 3.8) is 0 Å². The molecule has 1 aromatic carbocycles. The molecular weight excluding hydrogens is 177 g/mol. The van der Waals surface area contributed by atoms with Crippen molar-refractivity contribution in [3.05, 3.63) is 37.8 Å². The molecule has 10 heavy (non-hydrogen) atoms. The van der Waals surface area contributed by atoms with E-state index in [-0.39, 0.29) is 26.9 Å². The standard InChI is InChI=1S/C7H7O.CH3.Zn/c1-8-7-5-3-2-4-6-7;;/h3-6H,1H3;1H3;/q2*-1;+2. The predicted octanol–water partition coefficient (Wildman–Crippen LogP) is 1.94. The zero-order valence-corrected chi connectivity index (χ0v) is 9.39. The Morgan fingerprint density at radius 2 is 1.80 bits per heavy atom. The summed E-state index contributed by atoms with van der Waals surface area (Å²) >= 11 is 0. The Labute approximate surface area is 75.2 Å². The molecule has 0 heterocycles. The van der Waals surface area contributed by atoms with Gasteiger partial charge < -0.3 is 12.2 Å². The van der Waals surface area contributed by atoms with Crippen LogP contribution in [0.25, 0.3) is 0 Å². The van der Waals surface area contributed by atoms with Crippen LogP contribution in [0.3, 0.4) is 0 Å². The fourth-order valence-electron chi connectivity index (χ4n) is 0.508. The van der Waals surface area contributed by atoms with E-state index in [1.165, 1.54) is 0 Å². The summed E-state index contributed by atoms with van der Waals surface area (Å²) in [4.78, 5) is 0. The Hall–Kier alpha value is -0.357. The number of rotatable bonds is 1. The van der Waals surface area contributed by atoms with Crippen LogP contribution in [-0.4, -0.2) is 7.11 Å². The second-order valence-corrected chi connectivity index (χ2v) is 1.44. The molecule has 0 unspecified atom stereocenters. The smallest absolute Gasteiger partial charge is 0.522 e. The summed E-state index contributed by atoms with van der Waals surface area (Å²) < 4.78 is 4.89. The van der Waals surface area contributed by atoms with E-state index >= 15 is 0 Å². The minimum atomic E-state index is 0.